The maximum atomic E-state index is 5.90. The Balaban J connectivity index is 0.00000220. The number of nitrogens with one attached hydrogen (secondary N) is 2. The van der Waals surface area contributed by atoms with Gasteiger partial charge in [0.2, 0.25) is 0 Å². The van der Waals surface area contributed by atoms with Crippen molar-refractivity contribution < 1.29 is 0 Å². The van der Waals surface area contributed by atoms with Gasteiger partial charge in [0.05, 0.1) is 17.4 Å². The number of aromatic nitrogens is 1. The highest BCUT2D eigenvalue weighted by Gasteiger charge is 2.03. The number of nitrogens with zero attached hydrogens (tertiary/aromatic N) is 2. The summed E-state index contributed by atoms with van der Waals surface area (Å²) in [4.78, 5) is 11.1. The molecule has 4 nitrogen and oxygen atoms in total. The Kier molecular flexibility index (Phi) is 8.53. The van der Waals surface area contributed by atoms with E-state index in [1.165, 1.54) is 9.75 Å². The Morgan fingerprint density at radius 2 is 2.00 bits per heavy atom. The van der Waals surface area contributed by atoms with E-state index < -0.39 is 0 Å². The predicted molar refractivity (Wildman–Crippen MR) is 103 cm³/mol. The summed E-state index contributed by atoms with van der Waals surface area (Å²) in [7, 11) is 1.76. The van der Waals surface area contributed by atoms with E-state index in [9.17, 15) is 0 Å². The van der Waals surface area contributed by atoms with Gasteiger partial charge in [-0.2, -0.15) is 0 Å². The summed E-state index contributed by atoms with van der Waals surface area (Å²) in [6.07, 6.45) is 2.97. The minimum Gasteiger partial charge on any atom is -0.352 e. The summed E-state index contributed by atoms with van der Waals surface area (Å²) in [6, 6.07) is 3.92. The van der Waals surface area contributed by atoms with Gasteiger partial charge in [-0.25, -0.2) is 4.98 Å². The molecule has 0 aliphatic rings. The van der Waals surface area contributed by atoms with Crippen LogP contribution in [-0.4, -0.2) is 18.0 Å². The first kappa shape index (κ1) is 18.7. The first-order valence-corrected chi connectivity index (χ1v) is 8.34. The van der Waals surface area contributed by atoms with E-state index in [1.54, 1.807) is 29.7 Å². The molecule has 0 fully saturated rings. The van der Waals surface area contributed by atoms with Gasteiger partial charge in [0, 0.05) is 23.0 Å². The van der Waals surface area contributed by atoms with E-state index in [1.807, 2.05) is 18.3 Å². The molecule has 0 unspecified atom stereocenters. The van der Waals surface area contributed by atoms with Crippen LogP contribution < -0.4 is 10.6 Å². The summed E-state index contributed by atoms with van der Waals surface area (Å²) in [5.74, 6) is 0.766. The zero-order valence-electron chi connectivity index (χ0n) is 11.9. The van der Waals surface area contributed by atoms with Crippen molar-refractivity contribution in [3.05, 3.63) is 37.4 Å². The number of hydrogen-bond donors (Lipinski definition) is 2. The third-order valence-electron chi connectivity index (χ3n) is 2.64. The van der Waals surface area contributed by atoms with Crippen LogP contribution in [0.15, 0.2) is 23.3 Å². The first-order chi connectivity index (χ1) is 9.71. The van der Waals surface area contributed by atoms with Crippen LogP contribution >= 0.6 is 58.3 Å². The Hall–Kier alpha value is -0.380. The first-order valence-electron chi connectivity index (χ1n) is 6.33. The monoisotopic (exact) mass is 456 g/mol. The van der Waals surface area contributed by atoms with E-state index in [0.717, 1.165) is 28.3 Å². The Bertz CT molecular complexity index is 582. The molecular formula is C13H18ClIN4S2. The molecule has 0 bridgehead atoms. The molecule has 0 atom stereocenters. The lowest BCUT2D eigenvalue weighted by molar-refractivity contribution is 0.811. The molecule has 116 valence electrons. The zero-order valence-corrected chi connectivity index (χ0v) is 16.6. The molecule has 0 aliphatic carbocycles. The maximum absolute atomic E-state index is 5.90. The molecule has 0 aliphatic heterocycles. The quantitative estimate of drug-likeness (QED) is 0.407. The summed E-state index contributed by atoms with van der Waals surface area (Å²) in [5, 5.41) is 7.59. The number of thiazole rings is 1. The largest absolute Gasteiger partial charge is 0.352 e. The summed E-state index contributed by atoms with van der Waals surface area (Å²) < 4.78 is 0.805. The van der Waals surface area contributed by atoms with Crippen molar-refractivity contribution in [3.8, 4) is 0 Å². The number of halogens is 2. The lowest BCUT2D eigenvalue weighted by Gasteiger charge is -2.09. The SMILES string of the molecule is CCc1cnc(CNC(=NC)NCc2ccc(Cl)s2)s1.I. The normalized spacial score (nSPS) is 11.1. The van der Waals surface area contributed by atoms with E-state index in [-0.39, 0.29) is 24.0 Å². The van der Waals surface area contributed by atoms with E-state index in [2.05, 4.69) is 27.5 Å². The van der Waals surface area contributed by atoms with E-state index in [4.69, 9.17) is 11.6 Å². The fourth-order valence-corrected chi connectivity index (χ4v) is 3.42. The number of aryl methyl sites for hydroxylation is 1. The molecule has 0 spiro atoms. The second-order valence-electron chi connectivity index (χ2n) is 4.06. The lowest BCUT2D eigenvalue weighted by atomic mass is 10.4. The third kappa shape index (κ3) is 6.09. The van der Waals surface area contributed by atoms with Crippen molar-refractivity contribution in [2.75, 3.05) is 7.05 Å². The van der Waals surface area contributed by atoms with Gasteiger partial charge in [-0.1, -0.05) is 18.5 Å². The summed E-state index contributed by atoms with van der Waals surface area (Å²) in [5.41, 5.74) is 0. The van der Waals surface area contributed by atoms with Crippen molar-refractivity contribution in [1.82, 2.24) is 15.6 Å². The minimum atomic E-state index is 0. The van der Waals surface area contributed by atoms with Crippen molar-refractivity contribution in [3.63, 3.8) is 0 Å². The molecule has 21 heavy (non-hydrogen) atoms. The Morgan fingerprint density at radius 3 is 2.57 bits per heavy atom. The van der Waals surface area contributed by atoms with Gasteiger partial charge in [0.1, 0.15) is 5.01 Å². The molecular weight excluding hydrogens is 439 g/mol. The highest BCUT2D eigenvalue weighted by atomic mass is 127. The number of hydrogen-bond acceptors (Lipinski definition) is 4. The molecule has 0 saturated carbocycles. The second-order valence-corrected chi connectivity index (χ2v) is 7.06. The summed E-state index contributed by atoms with van der Waals surface area (Å²) >= 11 is 9.21. The molecule has 0 radical (unpaired) electrons. The zero-order chi connectivity index (χ0) is 14.4. The summed E-state index contributed by atoms with van der Waals surface area (Å²) in [6.45, 7) is 3.54. The molecule has 0 amide bonds. The molecule has 2 rings (SSSR count). The molecule has 0 aromatic carbocycles. The Labute approximate surface area is 155 Å². The third-order valence-corrected chi connectivity index (χ3v) is 5.01. The van der Waals surface area contributed by atoms with Gasteiger partial charge in [-0.15, -0.1) is 46.7 Å². The van der Waals surface area contributed by atoms with Crippen LogP contribution in [-0.2, 0) is 19.5 Å². The van der Waals surface area contributed by atoms with Crippen LogP contribution in [0.2, 0.25) is 4.34 Å². The van der Waals surface area contributed by atoms with E-state index in [0.29, 0.717) is 6.54 Å². The highest BCUT2D eigenvalue weighted by Crippen LogP contribution is 2.20. The number of rotatable bonds is 5. The fraction of sp³-hybridized carbons (Fsp3) is 0.385. The van der Waals surface area contributed by atoms with E-state index >= 15 is 0 Å². The molecule has 2 aromatic heterocycles. The molecule has 2 aromatic rings. The second kappa shape index (κ2) is 9.60. The van der Waals surface area contributed by atoms with Crippen molar-refractivity contribution in [2.45, 2.75) is 26.4 Å². The van der Waals surface area contributed by atoms with Crippen LogP contribution in [0.3, 0.4) is 0 Å². The maximum Gasteiger partial charge on any atom is 0.191 e. The predicted octanol–water partition coefficient (Wildman–Crippen LogP) is 3.90. The van der Waals surface area contributed by atoms with Crippen LogP contribution in [0, 0.1) is 0 Å². The smallest absolute Gasteiger partial charge is 0.191 e. The van der Waals surface area contributed by atoms with Gasteiger partial charge in [-0.3, -0.25) is 4.99 Å². The number of aliphatic imine (C=N–C) groups is 1. The average molecular weight is 457 g/mol. The standard InChI is InChI=1S/C13H17ClN4S2.HI/c1-3-9-6-16-12(20-9)8-18-13(15-2)17-7-10-4-5-11(14)19-10;/h4-6H,3,7-8H2,1-2H3,(H2,15,17,18);1H. The van der Waals surface area contributed by atoms with Crippen LogP contribution in [0.5, 0.6) is 0 Å². The van der Waals surface area contributed by atoms with Gasteiger partial charge in [0.15, 0.2) is 5.96 Å². The van der Waals surface area contributed by atoms with Gasteiger partial charge < -0.3 is 10.6 Å². The lowest BCUT2D eigenvalue weighted by Crippen LogP contribution is -2.36. The van der Waals surface area contributed by atoms with Gasteiger partial charge >= 0.3 is 0 Å². The Morgan fingerprint density at radius 1 is 1.24 bits per heavy atom. The van der Waals surface area contributed by atoms with Crippen molar-refractivity contribution in [2.24, 2.45) is 4.99 Å². The van der Waals surface area contributed by atoms with Crippen LogP contribution in [0.25, 0.3) is 0 Å². The van der Waals surface area contributed by atoms with Crippen molar-refractivity contribution in [1.29, 1.82) is 0 Å². The molecule has 2 N–H and O–H groups in total. The number of thiophene rings is 1. The number of guanidine groups is 1. The molecule has 0 saturated heterocycles. The minimum absolute atomic E-state index is 0. The highest BCUT2D eigenvalue weighted by molar-refractivity contribution is 14.0. The van der Waals surface area contributed by atoms with Crippen molar-refractivity contribution >= 4 is 64.2 Å². The van der Waals surface area contributed by atoms with Crippen LogP contribution in [0.4, 0.5) is 0 Å². The fourth-order valence-electron chi connectivity index (χ4n) is 1.59. The topological polar surface area (TPSA) is 49.3 Å². The molecule has 8 heteroatoms. The van der Waals surface area contributed by atoms with Crippen LogP contribution in [0.1, 0.15) is 21.7 Å². The molecule has 2 heterocycles. The van der Waals surface area contributed by atoms with Gasteiger partial charge in [-0.05, 0) is 18.6 Å². The average Bonchev–Trinajstić information content (AvgIpc) is 3.08. The van der Waals surface area contributed by atoms with Gasteiger partial charge in [0.25, 0.3) is 0 Å².